The van der Waals surface area contributed by atoms with Crippen molar-refractivity contribution in [3.05, 3.63) is 0 Å². The fraction of sp³-hybridized carbons (Fsp3) is 0.933. The summed E-state index contributed by atoms with van der Waals surface area (Å²) in [6, 6.07) is 0.913. The summed E-state index contributed by atoms with van der Waals surface area (Å²) in [6.07, 6.45) is 7.08. The Morgan fingerprint density at radius 1 is 1.06 bits per heavy atom. The van der Waals surface area contributed by atoms with Crippen LogP contribution in [0.15, 0.2) is 0 Å². The molecule has 5 unspecified atom stereocenters. The molecule has 1 heterocycles. The maximum Gasteiger partial charge on any atom is 0.237 e. The largest absolute Gasteiger partial charge is 0.352 e. The van der Waals surface area contributed by atoms with Crippen molar-refractivity contribution in [2.75, 3.05) is 0 Å². The SMILES string of the molecule is CC1CCCC(C(=O)NC2CCCC(C)C2C)N1. The molecule has 2 rings (SSSR count). The molecule has 0 radical (unpaired) electrons. The monoisotopic (exact) mass is 252 g/mol. The van der Waals surface area contributed by atoms with Gasteiger partial charge in [0.05, 0.1) is 6.04 Å². The van der Waals surface area contributed by atoms with E-state index in [1.54, 1.807) is 0 Å². The second-order valence-electron chi connectivity index (χ2n) is 6.43. The van der Waals surface area contributed by atoms with Crippen LogP contribution in [0.25, 0.3) is 0 Å². The van der Waals surface area contributed by atoms with Crippen LogP contribution in [0.1, 0.15) is 59.3 Å². The lowest BCUT2D eigenvalue weighted by Crippen LogP contribution is -2.54. The smallest absolute Gasteiger partial charge is 0.237 e. The van der Waals surface area contributed by atoms with Crippen molar-refractivity contribution in [1.29, 1.82) is 0 Å². The summed E-state index contributed by atoms with van der Waals surface area (Å²) in [5.74, 6) is 1.58. The Balaban J connectivity index is 1.86. The first kappa shape index (κ1) is 13.9. The molecule has 1 saturated carbocycles. The highest BCUT2D eigenvalue weighted by atomic mass is 16.2. The topological polar surface area (TPSA) is 41.1 Å². The number of carbonyl (C=O) groups is 1. The van der Waals surface area contributed by atoms with Crippen molar-refractivity contribution in [3.8, 4) is 0 Å². The molecule has 2 fully saturated rings. The molecular weight excluding hydrogens is 224 g/mol. The van der Waals surface area contributed by atoms with Crippen LogP contribution in [0.4, 0.5) is 0 Å². The first-order chi connectivity index (χ1) is 8.58. The Bertz CT molecular complexity index is 292. The van der Waals surface area contributed by atoms with Gasteiger partial charge in [0.25, 0.3) is 0 Å². The van der Waals surface area contributed by atoms with Crippen LogP contribution < -0.4 is 10.6 Å². The van der Waals surface area contributed by atoms with Gasteiger partial charge in [0.1, 0.15) is 0 Å². The zero-order valence-corrected chi connectivity index (χ0v) is 12.0. The van der Waals surface area contributed by atoms with Crippen molar-refractivity contribution < 1.29 is 4.79 Å². The van der Waals surface area contributed by atoms with Crippen LogP contribution in [0, 0.1) is 11.8 Å². The third kappa shape index (κ3) is 3.25. The minimum absolute atomic E-state index is 0.0400. The van der Waals surface area contributed by atoms with E-state index in [1.165, 1.54) is 25.7 Å². The Kier molecular flexibility index (Phi) is 4.66. The molecule has 18 heavy (non-hydrogen) atoms. The fourth-order valence-corrected chi connectivity index (χ4v) is 3.41. The molecule has 3 nitrogen and oxygen atoms in total. The van der Waals surface area contributed by atoms with Crippen LogP contribution in [-0.2, 0) is 4.79 Å². The molecule has 5 atom stereocenters. The van der Waals surface area contributed by atoms with Crippen LogP contribution in [-0.4, -0.2) is 24.0 Å². The second kappa shape index (κ2) is 6.05. The van der Waals surface area contributed by atoms with Crippen molar-refractivity contribution in [1.82, 2.24) is 10.6 Å². The molecule has 1 aliphatic heterocycles. The number of amides is 1. The second-order valence-corrected chi connectivity index (χ2v) is 6.43. The minimum atomic E-state index is 0.0400. The molecule has 104 valence electrons. The van der Waals surface area contributed by atoms with Gasteiger partial charge in [-0.3, -0.25) is 4.79 Å². The normalized spacial score (nSPS) is 41.4. The first-order valence-corrected chi connectivity index (χ1v) is 7.64. The quantitative estimate of drug-likeness (QED) is 0.792. The molecule has 0 bridgehead atoms. The molecule has 1 amide bonds. The summed E-state index contributed by atoms with van der Waals surface area (Å²) in [4.78, 5) is 12.3. The van der Waals surface area contributed by atoms with E-state index >= 15 is 0 Å². The molecule has 0 spiro atoms. The van der Waals surface area contributed by atoms with Crippen LogP contribution >= 0.6 is 0 Å². The Labute approximate surface area is 111 Å². The predicted octanol–water partition coefficient (Wildman–Crippen LogP) is 2.46. The maximum absolute atomic E-state index is 12.3. The maximum atomic E-state index is 12.3. The third-order valence-electron chi connectivity index (χ3n) is 4.97. The number of rotatable bonds is 2. The van der Waals surface area contributed by atoms with Gasteiger partial charge in [-0.15, -0.1) is 0 Å². The van der Waals surface area contributed by atoms with Crippen molar-refractivity contribution >= 4 is 5.91 Å². The molecule has 1 aliphatic carbocycles. The van der Waals surface area contributed by atoms with Crippen molar-refractivity contribution in [3.63, 3.8) is 0 Å². The van der Waals surface area contributed by atoms with Gasteiger partial charge in [-0.25, -0.2) is 0 Å². The molecule has 0 aromatic heterocycles. The van der Waals surface area contributed by atoms with E-state index in [2.05, 4.69) is 31.4 Å². The molecule has 2 N–H and O–H groups in total. The van der Waals surface area contributed by atoms with Gasteiger partial charge in [0, 0.05) is 12.1 Å². The van der Waals surface area contributed by atoms with Gasteiger partial charge in [0.2, 0.25) is 5.91 Å². The number of piperidine rings is 1. The molecule has 0 aromatic carbocycles. The van der Waals surface area contributed by atoms with E-state index in [0.29, 0.717) is 18.0 Å². The molecule has 1 saturated heterocycles. The van der Waals surface area contributed by atoms with Gasteiger partial charge >= 0.3 is 0 Å². The Hall–Kier alpha value is -0.570. The van der Waals surface area contributed by atoms with Crippen molar-refractivity contribution in [2.45, 2.75) is 77.4 Å². The number of nitrogens with one attached hydrogen (secondary N) is 2. The van der Waals surface area contributed by atoms with E-state index in [9.17, 15) is 4.79 Å². The molecular formula is C15H28N2O. The standard InChI is InChI=1S/C15H28N2O/c1-10-6-4-8-13(12(10)3)17-15(18)14-9-5-7-11(2)16-14/h10-14,16H,4-9H2,1-3H3,(H,17,18). The lowest BCUT2D eigenvalue weighted by atomic mass is 9.78. The third-order valence-corrected chi connectivity index (χ3v) is 4.97. The van der Waals surface area contributed by atoms with Crippen LogP contribution in [0.2, 0.25) is 0 Å². The van der Waals surface area contributed by atoms with Crippen LogP contribution in [0.3, 0.4) is 0 Å². The lowest BCUT2D eigenvalue weighted by Gasteiger charge is -2.36. The van der Waals surface area contributed by atoms with Crippen molar-refractivity contribution in [2.24, 2.45) is 11.8 Å². The number of carbonyl (C=O) groups excluding carboxylic acids is 1. The van der Waals surface area contributed by atoms with Gasteiger partial charge in [-0.2, -0.15) is 0 Å². The summed E-state index contributed by atoms with van der Waals surface area (Å²) in [5.41, 5.74) is 0. The Morgan fingerprint density at radius 2 is 1.78 bits per heavy atom. The first-order valence-electron chi connectivity index (χ1n) is 7.64. The number of hydrogen-bond acceptors (Lipinski definition) is 2. The van der Waals surface area contributed by atoms with E-state index < -0.39 is 0 Å². The van der Waals surface area contributed by atoms with Crippen LogP contribution in [0.5, 0.6) is 0 Å². The summed E-state index contributed by atoms with van der Waals surface area (Å²) in [7, 11) is 0. The summed E-state index contributed by atoms with van der Waals surface area (Å²) in [5, 5.41) is 6.71. The van der Waals surface area contributed by atoms with Gasteiger partial charge in [-0.05, 0) is 44.4 Å². The minimum Gasteiger partial charge on any atom is -0.352 e. The molecule has 3 heteroatoms. The fourth-order valence-electron chi connectivity index (χ4n) is 3.41. The van der Waals surface area contributed by atoms with Gasteiger partial charge in [-0.1, -0.05) is 26.7 Å². The zero-order chi connectivity index (χ0) is 13.1. The average Bonchev–Trinajstić information content (AvgIpc) is 2.35. The summed E-state index contributed by atoms with van der Waals surface area (Å²) < 4.78 is 0. The lowest BCUT2D eigenvalue weighted by molar-refractivity contribution is -0.125. The highest BCUT2D eigenvalue weighted by molar-refractivity contribution is 5.82. The molecule has 2 aliphatic rings. The highest BCUT2D eigenvalue weighted by Crippen LogP contribution is 2.29. The molecule has 0 aromatic rings. The average molecular weight is 252 g/mol. The van der Waals surface area contributed by atoms with E-state index in [-0.39, 0.29) is 11.9 Å². The van der Waals surface area contributed by atoms with E-state index in [4.69, 9.17) is 0 Å². The highest BCUT2D eigenvalue weighted by Gasteiger charge is 2.31. The van der Waals surface area contributed by atoms with E-state index in [0.717, 1.165) is 18.8 Å². The van der Waals surface area contributed by atoms with Gasteiger partial charge < -0.3 is 10.6 Å². The number of hydrogen-bond donors (Lipinski definition) is 2. The Morgan fingerprint density at radius 3 is 2.50 bits per heavy atom. The predicted molar refractivity (Wildman–Crippen MR) is 74.3 cm³/mol. The van der Waals surface area contributed by atoms with E-state index in [1.807, 2.05) is 0 Å². The van der Waals surface area contributed by atoms with Gasteiger partial charge in [0.15, 0.2) is 0 Å². The summed E-state index contributed by atoms with van der Waals surface area (Å²) >= 11 is 0. The summed E-state index contributed by atoms with van der Waals surface area (Å²) in [6.45, 7) is 6.76. The zero-order valence-electron chi connectivity index (χ0n) is 12.0.